The third kappa shape index (κ3) is 2.42. The molecule has 0 aromatic carbocycles. The van der Waals surface area contributed by atoms with Crippen molar-refractivity contribution in [3.63, 3.8) is 0 Å². The molecule has 3 aromatic rings. The lowest BCUT2D eigenvalue weighted by molar-refractivity contribution is 0.858. The zero-order chi connectivity index (χ0) is 15.7. The highest BCUT2D eigenvalue weighted by molar-refractivity contribution is 5.78. The van der Waals surface area contributed by atoms with E-state index < -0.39 is 0 Å². The molecular formula is C15H15N7. The molecule has 3 aromatic heterocycles. The molecule has 0 aliphatic carbocycles. The standard InChI is InChI=1S/C15H15N7/c1-9(2)21-13-4-14(18-8-12(13)17)22-15-11(7-20-22)3-10(5-16)6-19-15/h3-4,6-9H,17H2,1-2H3,(H,18,21). The molecule has 0 aliphatic heterocycles. The third-order valence-corrected chi connectivity index (χ3v) is 3.12. The van der Waals surface area contributed by atoms with Gasteiger partial charge in [0.25, 0.3) is 0 Å². The van der Waals surface area contributed by atoms with Crippen LogP contribution in [-0.2, 0) is 0 Å². The number of rotatable bonds is 3. The maximum absolute atomic E-state index is 8.92. The van der Waals surface area contributed by atoms with E-state index in [9.17, 15) is 0 Å². The number of nitrogens with two attached hydrogens (primary N) is 1. The van der Waals surface area contributed by atoms with Crippen LogP contribution in [0, 0.1) is 11.3 Å². The molecule has 0 saturated heterocycles. The van der Waals surface area contributed by atoms with Crippen LogP contribution in [0.4, 0.5) is 11.4 Å². The maximum Gasteiger partial charge on any atom is 0.164 e. The highest BCUT2D eigenvalue weighted by Crippen LogP contribution is 2.23. The monoisotopic (exact) mass is 293 g/mol. The first-order valence-corrected chi connectivity index (χ1v) is 6.85. The Morgan fingerprint density at radius 2 is 2.05 bits per heavy atom. The second-order valence-corrected chi connectivity index (χ2v) is 5.23. The van der Waals surface area contributed by atoms with Crippen LogP contribution in [0.15, 0.2) is 30.7 Å². The average Bonchev–Trinajstić information content (AvgIpc) is 2.92. The quantitative estimate of drug-likeness (QED) is 0.766. The molecule has 0 amide bonds. The van der Waals surface area contributed by atoms with Crippen molar-refractivity contribution in [2.75, 3.05) is 11.1 Å². The van der Waals surface area contributed by atoms with Crippen LogP contribution in [0.1, 0.15) is 19.4 Å². The van der Waals surface area contributed by atoms with Gasteiger partial charge < -0.3 is 11.1 Å². The summed E-state index contributed by atoms with van der Waals surface area (Å²) in [5, 5.41) is 17.3. The molecule has 0 unspecified atom stereocenters. The fourth-order valence-corrected chi connectivity index (χ4v) is 2.16. The van der Waals surface area contributed by atoms with Gasteiger partial charge in [0.1, 0.15) is 6.07 Å². The van der Waals surface area contributed by atoms with Gasteiger partial charge in [0.2, 0.25) is 0 Å². The van der Waals surface area contributed by atoms with Gasteiger partial charge in [-0.2, -0.15) is 15.0 Å². The SMILES string of the molecule is CC(C)Nc1cc(-n2ncc3cc(C#N)cnc32)ncc1N. The summed E-state index contributed by atoms with van der Waals surface area (Å²) < 4.78 is 1.63. The van der Waals surface area contributed by atoms with E-state index >= 15 is 0 Å². The Balaban J connectivity index is 2.10. The minimum absolute atomic E-state index is 0.253. The maximum atomic E-state index is 8.92. The van der Waals surface area contributed by atoms with E-state index in [4.69, 9.17) is 11.0 Å². The fourth-order valence-electron chi connectivity index (χ4n) is 2.16. The van der Waals surface area contributed by atoms with Crippen molar-refractivity contribution < 1.29 is 0 Å². The van der Waals surface area contributed by atoms with Gasteiger partial charge in [0, 0.05) is 23.7 Å². The van der Waals surface area contributed by atoms with Crippen LogP contribution >= 0.6 is 0 Å². The molecule has 3 heterocycles. The Kier molecular flexibility index (Phi) is 3.35. The number of nitrogen functional groups attached to an aromatic ring is 1. The predicted molar refractivity (Wildman–Crippen MR) is 84.5 cm³/mol. The Morgan fingerprint density at radius 3 is 2.77 bits per heavy atom. The first-order chi connectivity index (χ1) is 10.6. The zero-order valence-corrected chi connectivity index (χ0v) is 12.3. The van der Waals surface area contributed by atoms with Crippen molar-refractivity contribution in [3.05, 3.63) is 36.3 Å². The van der Waals surface area contributed by atoms with Gasteiger partial charge in [0.05, 0.1) is 29.3 Å². The van der Waals surface area contributed by atoms with E-state index in [1.54, 1.807) is 23.1 Å². The van der Waals surface area contributed by atoms with Crippen LogP contribution in [0.2, 0.25) is 0 Å². The van der Waals surface area contributed by atoms with Crippen molar-refractivity contribution in [1.29, 1.82) is 5.26 Å². The number of hydrogen-bond acceptors (Lipinski definition) is 6. The first kappa shape index (κ1) is 13.8. The van der Waals surface area contributed by atoms with Gasteiger partial charge in [-0.3, -0.25) is 0 Å². The van der Waals surface area contributed by atoms with Crippen LogP contribution in [0.25, 0.3) is 16.9 Å². The van der Waals surface area contributed by atoms with E-state index in [-0.39, 0.29) is 6.04 Å². The zero-order valence-electron chi connectivity index (χ0n) is 12.3. The topological polar surface area (TPSA) is 105 Å². The summed E-state index contributed by atoms with van der Waals surface area (Å²) in [6.45, 7) is 4.07. The van der Waals surface area contributed by atoms with E-state index in [1.807, 2.05) is 19.9 Å². The Bertz CT molecular complexity index is 873. The van der Waals surface area contributed by atoms with Gasteiger partial charge in [-0.15, -0.1) is 0 Å². The number of fused-ring (bicyclic) bond motifs is 1. The van der Waals surface area contributed by atoms with Crippen molar-refractivity contribution in [2.45, 2.75) is 19.9 Å². The number of nitriles is 1. The number of anilines is 2. The molecule has 22 heavy (non-hydrogen) atoms. The minimum atomic E-state index is 0.253. The average molecular weight is 293 g/mol. The number of pyridine rings is 2. The van der Waals surface area contributed by atoms with E-state index in [1.165, 1.54) is 6.20 Å². The van der Waals surface area contributed by atoms with Gasteiger partial charge in [-0.1, -0.05) is 0 Å². The lowest BCUT2D eigenvalue weighted by atomic mass is 10.2. The highest BCUT2D eigenvalue weighted by atomic mass is 15.3. The summed E-state index contributed by atoms with van der Waals surface area (Å²) in [6, 6.07) is 5.90. The molecule has 3 N–H and O–H groups in total. The van der Waals surface area contributed by atoms with Crippen LogP contribution in [0.3, 0.4) is 0 Å². The highest BCUT2D eigenvalue weighted by Gasteiger charge is 2.11. The molecule has 0 radical (unpaired) electrons. The van der Waals surface area contributed by atoms with Gasteiger partial charge in [-0.05, 0) is 19.9 Å². The molecule has 3 rings (SSSR count). The van der Waals surface area contributed by atoms with Crippen molar-refractivity contribution >= 4 is 22.4 Å². The molecular weight excluding hydrogens is 278 g/mol. The normalized spacial score (nSPS) is 10.8. The van der Waals surface area contributed by atoms with Crippen molar-refractivity contribution in [2.24, 2.45) is 0 Å². The number of nitrogens with zero attached hydrogens (tertiary/aromatic N) is 5. The largest absolute Gasteiger partial charge is 0.396 e. The number of aromatic nitrogens is 4. The van der Waals surface area contributed by atoms with Gasteiger partial charge in [0.15, 0.2) is 11.5 Å². The lowest BCUT2D eigenvalue weighted by Gasteiger charge is -2.13. The second kappa shape index (κ2) is 5.33. The van der Waals surface area contributed by atoms with Crippen LogP contribution in [-0.4, -0.2) is 25.8 Å². The predicted octanol–water partition coefficient (Wildman–Crippen LogP) is 2.09. The fraction of sp³-hybridized carbons (Fsp3) is 0.200. The lowest BCUT2D eigenvalue weighted by Crippen LogP contribution is -2.12. The molecule has 0 spiro atoms. The number of nitrogens with one attached hydrogen (secondary N) is 1. The summed E-state index contributed by atoms with van der Waals surface area (Å²) in [7, 11) is 0. The van der Waals surface area contributed by atoms with Crippen molar-refractivity contribution in [1.82, 2.24) is 19.7 Å². The van der Waals surface area contributed by atoms with E-state index in [2.05, 4.69) is 26.5 Å². The van der Waals surface area contributed by atoms with Gasteiger partial charge in [-0.25, -0.2) is 9.97 Å². The van der Waals surface area contributed by atoms with Crippen LogP contribution in [0.5, 0.6) is 0 Å². The Hall–Kier alpha value is -3.14. The smallest absolute Gasteiger partial charge is 0.164 e. The van der Waals surface area contributed by atoms with E-state index in [0.29, 0.717) is 22.7 Å². The summed E-state index contributed by atoms with van der Waals surface area (Å²) >= 11 is 0. The Labute approximate surface area is 127 Å². The number of hydrogen-bond donors (Lipinski definition) is 2. The molecule has 0 bridgehead atoms. The summed E-state index contributed by atoms with van der Waals surface area (Å²) in [5.74, 6) is 0.615. The second-order valence-electron chi connectivity index (χ2n) is 5.23. The molecule has 7 nitrogen and oxygen atoms in total. The molecule has 110 valence electrons. The van der Waals surface area contributed by atoms with Crippen molar-refractivity contribution in [3.8, 4) is 11.9 Å². The molecule has 0 fully saturated rings. The molecule has 0 aliphatic rings. The molecule has 0 saturated carbocycles. The first-order valence-electron chi connectivity index (χ1n) is 6.85. The molecule has 0 atom stereocenters. The summed E-state index contributed by atoms with van der Waals surface area (Å²) in [6.07, 6.45) is 4.78. The summed E-state index contributed by atoms with van der Waals surface area (Å²) in [5.41, 5.74) is 8.46. The van der Waals surface area contributed by atoms with Gasteiger partial charge >= 0.3 is 0 Å². The van der Waals surface area contributed by atoms with Crippen LogP contribution < -0.4 is 11.1 Å². The Morgan fingerprint density at radius 1 is 1.23 bits per heavy atom. The minimum Gasteiger partial charge on any atom is -0.396 e. The molecule has 7 heteroatoms. The van der Waals surface area contributed by atoms with E-state index in [0.717, 1.165) is 11.1 Å². The third-order valence-electron chi connectivity index (χ3n) is 3.12. The summed E-state index contributed by atoms with van der Waals surface area (Å²) in [4.78, 5) is 8.60.